The highest BCUT2D eigenvalue weighted by Crippen LogP contribution is 2.40. The summed E-state index contributed by atoms with van der Waals surface area (Å²) in [5.41, 5.74) is 7.95. The number of aryl methyl sites for hydroxylation is 3. The quantitative estimate of drug-likeness (QED) is 0.238. The number of thiophene rings is 1. The van der Waals surface area contributed by atoms with Gasteiger partial charge in [-0.05, 0) is 90.0 Å². The van der Waals surface area contributed by atoms with Gasteiger partial charge >= 0.3 is 5.97 Å². The number of fused-ring (bicyclic) bond motifs is 3. The van der Waals surface area contributed by atoms with Crippen molar-refractivity contribution < 1.29 is 14.6 Å². The number of aromatic nitrogens is 4. The third kappa shape index (κ3) is 4.97. The van der Waals surface area contributed by atoms with Crippen LogP contribution in [-0.4, -0.2) is 48.6 Å². The topological polar surface area (TPSA) is 93.4 Å². The van der Waals surface area contributed by atoms with Gasteiger partial charge in [0.1, 0.15) is 17.4 Å². The third-order valence-electron chi connectivity index (χ3n) is 8.47. The van der Waals surface area contributed by atoms with Gasteiger partial charge in [0.25, 0.3) is 0 Å². The Balaban J connectivity index is 1.46. The number of carboxylic acid groups (broad SMARTS) is 1. The molecule has 0 aliphatic carbocycles. The molecular weight excluding hydrogens is 534 g/mol. The monoisotopic (exact) mass is 569 g/mol. The van der Waals surface area contributed by atoms with Gasteiger partial charge in [0.2, 0.25) is 0 Å². The molecule has 3 aromatic heterocycles. The summed E-state index contributed by atoms with van der Waals surface area (Å²) in [7, 11) is 1.89. The van der Waals surface area contributed by atoms with Crippen molar-refractivity contribution in [2.24, 2.45) is 7.05 Å². The van der Waals surface area contributed by atoms with E-state index in [0.717, 1.165) is 63.1 Å². The molecule has 0 radical (unpaired) electrons. The van der Waals surface area contributed by atoms with E-state index in [1.807, 2.05) is 39.2 Å². The second kappa shape index (κ2) is 10.9. The predicted molar refractivity (Wildman–Crippen MR) is 162 cm³/mol. The van der Waals surface area contributed by atoms with E-state index in [1.165, 1.54) is 10.3 Å². The van der Waals surface area contributed by atoms with Crippen LogP contribution >= 0.6 is 11.3 Å². The van der Waals surface area contributed by atoms with Crippen LogP contribution < -0.4 is 4.74 Å². The minimum Gasteiger partial charge on any atom is -0.487 e. The van der Waals surface area contributed by atoms with E-state index >= 15 is 0 Å². The fourth-order valence-corrected chi connectivity index (χ4v) is 7.19. The van der Waals surface area contributed by atoms with Crippen LogP contribution in [0.4, 0.5) is 0 Å². The molecule has 41 heavy (non-hydrogen) atoms. The van der Waals surface area contributed by atoms with E-state index in [9.17, 15) is 9.90 Å². The van der Waals surface area contributed by atoms with Gasteiger partial charge in [-0.3, -0.25) is 14.7 Å². The van der Waals surface area contributed by atoms with Crippen LogP contribution in [0.25, 0.3) is 21.1 Å². The van der Waals surface area contributed by atoms with Gasteiger partial charge < -0.3 is 9.84 Å². The fourth-order valence-electron chi connectivity index (χ4n) is 6.30. The Morgan fingerprint density at radius 2 is 2.07 bits per heavy atom. The number of hydrogen-bond donors (Lipinski definition) is 1. The molecule has 0 bridgehead atoms. The lowest BCUT2D eigenvalue weighted by Gasteiger charge is -2.29. The van der Waals surface area contributed by atoms with Gasteiger partial charge in [0.15, 0.2) is 0 Å². The van der Waals surface area contributed by atoms with Crippen LogP contribution in [-0.2, 0) is 18.4 Å². The van der Waals surface area contributed by atoms with Crippen LogP contribution in [0.3, 0.4) is 0 Å². The maximum Gasteiger partial charge on any atom is 0.304 e. The molecular formula is C32H35N5O3S. The standard InChI is InChI=1S/C32H35N5O3S/c1-6-24-17-37(20(4)30-27(40-24)8-7-10-33-30)16-23-14-22(13-21-9-11-41-32(21)23)26(15-28(38)39)25-12-18(2)31-29(19(25)3)34-35-36(31)5/h7-14,20,24,26H,6,15-17H2,1-5H3,(H,38,39)/t20-,24+,26-/m0/s1. The molecule has 0 saturated carbocycles. The second-order valence-electron chi connectivity index (χ2n) is 11.1. The van der Waals surface area contributed by atoms with Crippen molar-refractivity contribution in [2.75, 3.05) is 6.54 Å². The van der Waals surface area contributed by atoms with E-state index in [-0.39, 0.29) is 24.5 Å². The molecule has 1 aliphatic rings. The number of nitrogens with zero attached hydrogens (tertiary/aromatic N) is 5. The van der Waals surface area contributed by atoms with E-state index in [0.29, 0.717) is 6.54 Å². The number of pyridine rings is 1. The summed E-state index contributed by atoms with van der Waals surface area (Å²) in [6.45, 7) is 9.91. The molecule has 0 saturated heterocycles. The molecule has 3 atom stereocenters. The highest BCUT2D eigenvalue weighted by Gasteiger charge is 2.30. The van der Waals surface area contributed by atoms with Crippen molar-refractivity contribution in [1.29, 1.82) is 0 Å². The Morgan fingerprint density at radius 3 is 2.85 bits per heavy atom. The maximum absolute atomic E-state index is 12.2. The lowest BCUT2D eigenvalue weighted by Crippen LogP contribution is -2.34. The molecule has 212 valence electrons. The van der Waals surface area contributed by atoms with Gasteiger partial charge in [0, 0.05) is 37.0 Å². The molecule has 0 spiro atoms. The first-order chi connectivity index (χ1) is 19.7. The molecule has 1 N–H and O–H groups in total. The van der Waals surface area contributed by atoms with Crippen molar-refractivity contribution in [3.05, 3.63) is 81.5 Å². The summed E-state index contributed by atoms with van der Waals surface area (Å²) in [4.78, 5) is 19.4. The number of benzene rings is 2. The summed E-state index contributed by atoms with van der Waals surface area (Å²) >= 11 is 1.73. The normalized spacial score (nSPS) is 18.3. The highest BCUT2D eigenvalue weighted by molar-refractivity contribution is 7.17. The van der Waals surface area contributed by atoms with Gasteiger partial charge in [0.05, 0.1) is 23.7 Å². The van der Waals surface area contributed by atoms with E-state index in [1.54, 1.807) is 16.0 Å². The van der Waals surface area contributed by atoms with Gasteiger partial charge in [-0.25, -0.2) is 4.68 Å². The Hall–Kier alpha value is -3.82. The molecule has 0 unspecified atom stereocenters. The molecule has 9 heteroatoms. The number of carboxylic acids is 1. The molecule has 5 aromatic rings. The van der Waals surface area contributed by atoms with Crippen molar-refractivity contribution in [3.8, 4) is 5.75 Å². The zero-order chi connectivity index (χ0) is 28.8. The predicted octanol–water partition coefficient (Wildman–Crippen LogP) is 6.54. The van der Waals surface area contributed by atoms with Gasteiger partial charge in [-0.15, -0.1) is 16.4 Å². The Labute approximate surface area is 243 Å². The number of carbonyl (C=O) groups is 1. The molecule has 4 heterocycles. The minimum atomic E-state index is -0.829. The lowest BCUT2D eigenvalue weighted by atomic mass is 9.83. The molecule has 0 amide bonds. The zero-order valence-electron chi connectivity index (χ0n) is 24.1. The first-order valence-corrected chi connectivity index (χ1v) is 15.0. The first kappa shape index (κ1) is 27.4. The van der Waals surface area contributed by atoms with Crippen LogP contribution in [0.5, 0.6) is 5.75 Å². The van der Waals surface area contributed by atoms with Crippen LogP contribution in [0.15, 0.2) is 48.0 Å². The van der Waals surface area contributed by atoms with Crippen LogP contribution in [0.1, 0.15) is 72.2 Å². The minimum absolute atomic E-state index is 0.00963. The second-order valence-corrected chi connectivity index (χ2v) is 12.0. The largest absolute Gasteiger partial charge is 0.487 e. The molecule has 8 nitrogen and oxygen atoms in total. The summed E-state index contributed by atoms with van der Waals surface area (Å²) in [6, 6.07) is 12.7. The first-order valence-electron chi connectivity index (χ1n) is 14.1. The number of rotatable bonds is 7. The number of aliphatic carboxylic acids is 1. The summed E-state index contributed by atoms with van der Waals surface area (Å²) in [5, 5.41) is 22.0. The average Bonchev–Trinajstić information content (AvgIpc) is 3.56. The molecule has 0 fully saturated rings. The van der Waals surface area contributed by atoms with Crippen molar-refractivity contribution in [1.82, 2.24) is 24.9 Å². The van der Waals surface area contributed by atoms with Crippen molar-refractivity contribution >= 4 is 38.4 Å². The molecule has 6 rings (SSSR count). The fraction of sp³-hybridized carbons (Fsp3) is 0.375. The van der Waals surface area contributed by atoms with E-state index in [4.69, 9.17) is 9.72 Å². The number of ether oxygens (including phenoxy) is 1. The summed E-state index contributed by atoms with van der Waals surface area (Å²) < 4.78 is 9.37. The Morgan fingerprint density at radius 1 is 1.24 bits per heavy atom. The van der Waals surface area contributed by atoms with E-state index in [2.05, 4.69) is 58.7 Å². The van der Waals surface area contributed by atoms with Gasteiger partial charge in [-0.1, -0.05) is 24.3 Å². The maximum atomic E-state index is 12.2. The van der Waals surface area contributed by atoms with Crippen molar-refractivity contribution in [3.63, 3.8) is 0 Å². The zero-order valence-corrected chi connectivity index (χ0v) is 24.9. The third-order valence-corrected chi connectivity index (χ3v) is 9.48. The van der Waals surface area contributed by atoms with E-state index < -0.39 is 5.97 Å². The SMILES string of the molecule is CC[C@@H]1CN(Cc2cc([C@H](CC(=O)O)c3cc(C)c4c(nnn4C)c3C)cc3ccsc23)[C@@H](C)c2ncccc2O1. The molecule has 1 aliphatic heterocycles. The van der Waals surface area contributed by atoms with Crippen molar-refractivity contribution in [2.45, 2.75) is 65.1 Å². The highest BCUT2D eigenvalue weighted by atomic mass is 32.1. The number of hydrogen-bond acceptors (Lipinski definition) is 7. The lowest BCUT2D eigenvalue weighted by molar-refractivity contribution is -0.137. The molecule has 2 aromatic carbocycles. The smallest absolute Gasteiger partial charge is 0.304 e. The average molecular weight is 570 g/mol. The Bertz CT molecular complexity index is 1760. The van der Waals surface area contributed by atoms with Crippen LogP contribution in [0, 0.1) is 13.8 Å². The Kier molecular flexibility index (Phi) is 7.25. The van der Waals surface area contributed by atoms with Gasteiger partial charge in [-0.2, -0.15) is 0 Å². The van der Waals surface area contributed by atoms with Crippen LogP contribution in [0.2, 0.25) is 0 Å². The summed E-state index contributed by atoms with van der Waals surface area (Å²) in [6.07, 6.45) is 2.78. The summed E-state index contributed by atoms with van der Waals surface area (Å²) in [5.74, 6) is -0.294.